The van der Waals surface area contributed by atoms with Gasteiger partial charge in [-0.3, -0.25) is 14.4 Å². The zero-order chi connectivity index (χ0) is 18.4. The molecule has 132 valence electrons. The molecule has 2 aromatic rings. The van der Waals surface area contributed by atoms with E-state index < -0.39 is 23.8 Å². The summed E-state index contributed by atoms with van der Waals surface area (Å²) in [6.07, 6.45) is -0.300. The molecule has 10 nitrogen and oxygen atoms in total. The Hall–Kier alpha value is -3.30. The second-order valence-electron chi connectivity index (χ2n) is 5.43. The summed E-state index contributed by atoms with van der Waals surface area (Å²) in [5, 5.41) is 16.1. The van der Waals surface area contributed by atoms with Crippen LogP contribution in [-0.2, 0) is 20.9 Å². The Labute approximate surface area is 143 Å². The van der Waals surface area contributed by atoms with Gasteiger partial charge in [0.25, 0.3) is 0 Å². The van der Waals surface area contributed by atoms with Crippen molar-refractivity contribution < 1.29 is 14.4 Å². The van der Waals surface area contributed by atoms with Crippen LogP contribution in [0.2, 0.25) is 0 Å². The fourth-order valence-electron chi connectivity index (χ4n) is 2.18. The highest BCUT2D eigenvalue weighted by Gasteiger charge is 2.22. The van der Waals surface area contributed by atoms with Crippen molar-refractivity contribution in [3.63, 3.8) is 0 Å². The number of hydrogen-bond acceptors (Lipinski definition) is 6. The van der Waals surface area contributed by atoms with Crippen LogP contribution in [0.4, 0.5) is 0 Å². The number of nitrogens with one attached hydrogen (secondary N) is 2. The molecular formula is C15H19N7O3. The van der Waals surface area contributed by atoms with Crippen LogP contribution in [0.5, 0.6) is 0 Å². The molecule has 1 atom stereocenters. The second kappa shape index (κ2) is 7.99. The number of tetrazole rings is 1. The molecule has 0 aliphatic heterocycles. The van der Waals surface area contributed by atoms with Crippen LogP contribution in [0, 0.1) is 6.92 Å². The molecule has 0 aliphatic rings. The van der Waals surface area contributed by atoms with E-state index in [4.69, 9.17) is 5.73 Å². The summed E-state index contributed by atoms with van der Waals surface area (Å²) >= 11 is 0. The Kier molecular flexibility index (Phi) is 5.77. The number of nitrogens with two attached hydrogens (primary N) is 1. The number of carbonyl (C=O) groups is 3. The van der Waals surface area contributed by atoms with Crippen LogP contribution < -0.4 is 16.4 Å². The van der Waals surface area contributed by atoms with Crippen LogP contribution in [0.3, 0.4) is 0 Å². The molecule has 1 aromatic heterocycles. The SMILES string of the molecule is CNC(=O)[C@H](CC(N)=O)NC(=O)Cn1nnnc1-c1ccc(C)cc1. The highest BCUT2D eigenvalue weighted by atomic mass is 16.2. The van der Waals surface area contributed by atoms with Gasteiger partial charge >= 0.3 is 0 Å². The van der Waals surface area contributed by atoms with Crippen molar-refractivity contribution in [2.75, 3.05) is 7.05 Å². The van der Waals surface area contributed by atoms with Crippen molar-refractivity contribution in [1.29, 1.82) is 0 Å². The van der Waals surface area contributed by atoms with E-state index in [1.54, 1.807) is 0 Å². The minimum Gasteiger partial charge on any atom is -0.370 e. The van der Waals surface area contributed by atoms with E-state index in [0.717, 1.165) is 11.1 Å². The second-order valence-corrected chi connectivity index (χ2v) is 5.43. The van der Waals surface area contributed by atoms with Crippen molar-refractivity contribution in [2.45, 2.75) is 25.9 Å². The molecule has 25 heavy (non-hydrogen) atoms. The zero-order valence-corrected chi connectivity index (χ0v) is 13.9. The van der Waals surface area contributed by atoms with E-state index in [2.05, 4.69) is 26.2 Å². The Morgan fingerprint density at radius 2 is 1.92 bits per heavy atom. The first-order valence-electron chi connectivity index (χ1n) is 7.53. The van der Waals surface area contributed by atoms with Gasteiger partial charge in [-0.1, -0.05) is 29.8 Å². The van der Waals surface area contributed by atoms with Gasteiger partial charge in [-0.2, -0.15) is 0 Å². The summed E-state index contributed by atoms with van der Waals surface area (Å²) in [4.78, 5) is 35.0. The van der Waals surface area contributed by atoms with Gasteiger partial charge in [0.2, 0.25) is 17.7 Å². The molecule has 0 saturated carbocycles. The molecule has 0 bridgehead atoms. The average Bonchev–Trinajstić information content (AvgIpc) is 3.01. The maximum absolute atomic E-state index is 12.2. The smallest absolute Gasteiger partial charge is 0.242 e. The first-order chi connectivity index (χ1) is 11.9. The van der Waals surface area contributed by atoms with Crippen molar-refractivity contribution >= 4 is 17.7 Å². The molecule has 0 radical (unpaired) electrons. The molecule has 0 unspecified atom stereocenters. The number of hydrogen-bond donors (Lipinski definition) is 3. The van der Waals surface area contributed by atoms with Gasteiger partial charge in [0.15, 0.2) is 5.82 Å². The highest BCUT2D eigenvalue weighted by Crippen LogP contribution is 2.16. The molecule has 2 rings (SSSR count). The standard InChI is InChI=1S/C15H19N7O3/c1-9-3-5-10(6-4-9)14-19-20-21-22(14)8-13(24)18-11(7-12(16)23)15(25)17-2/h3-6,11H,7-8H2,1-2H3,(H2,16,23)(H,17,25)(H,18,24)/t11-/m0/s1. The zero-order valence-electron chi connectivity index (χ0n) is 13.9. The van der Waals surface area contributed by atoms with Crippen LogP contribution in [0.15, 0.2) is 24.3 Å². The molecule has 0 saturated heterocycles. The topological polar surface area (TPSA) is 145 Å². The Bertz CT molecular complexity index is 770. The van der Waals surface area contributed by atoms with E-state index in [9.17, 15) is 14.4 Å². The molecule has 0 spiro atoms. The minimum absolute atomic E-state index is 0.206. The molecular weight excluding hydrogens is 326 g/mol. The van der Waals surface area contributed by atoms with Gasteiger partial charge in [0.1, 0.15) is 12.6 Å². The van der Waals surface area contributed by atoms with Gasteiger partial charge in [-0.05, 0) is 17.4 Å². The number of aromatic nitrogens is 4. The monoisotopic (exact) mass is 345 g/mol. The highest BCUT2D eigenvalue weighted by molar-refractivity contribution is 5.91. The van der Waals surface area contributed by atoms with E-state index in [1.165, 1.54) is 11.7 Å². The van der Waals surface area contributed by atoms with Gasteiger partial charge < -0.3 is 16.4 Å². The number of rotatable bonds is 7. The maximum Gasteiger partial charge on any atom is 0.242 e. The molecule has 3 amide bonds. The largest absolute Gasteiger partial charge is 0.370 e. The predicted molar refractivity (Wildman–Crippen MR) is 87.8 cm³/mol. The molecule has 1 heterocycles. The lowest BCUT2D eigenvalue weighted by molar-refractivity contribution is -0.131. The summed E-state index contributed by atoms with van der Waals surface area (Å²) in [5.74, 6) is -1.31. The molecule has 10 heteroatoms. The third kappa shape index (κ3) is 4.83. The van der Waals surface area contributed by atoms with E-state index in [-0.39, 0.29) is 13.0 Å². The Morgan fingerprint density at radius 1 is 1.24 bits per heavy atom. The number of benzene rings is 1. The third-order valence-electron chi connectivity index (χ3n) is 3.44. The van der Waals surface area contributed by atoms with Gasteiger partial charge in [-0.25, -0.2) is 4.68 Å². The molecule has 4 N–H and O–H groups in total. The van der Waals surface area contributed by atoms with Crippen LogP contribution in [0.25, 0.3) is 11.4 Å². The number of carbonyl (C=O) groups excluding carboxylic acids is 3. The van der Waals surface area contributed by atoms with Crippen molar-refractivity contribution in [3.8, 4) is 11.4 Å². The van der Waals surface area contributed by atoms with Crippen LogP contribution >= 0.6 is 0 Å². The van der Waals surface area contributed by atoms with Crippen LogP contribution in [-0.4, -0.2) is 51.0 Å². The lowest BCUT2D eigenvalue weighted by Gasteiger charge is -2.15. The quantitative estimate of drug-likeness (QED) is 0.572. The Balaban J connectivity index is 2.10. The summed E-state index contributed by atoms with van der Waals surface area (Å²) < 4.78 is 1.31. The predicted octanol–water partition coefficient (Wildman–Crippen LogP) is -1.25. The van der Waals surface area contributed by atoms with E-state index >= 15 is 0 Å². The normalized spacial score (nSPS) is 11.6. The van der Waals surface area contributed by atoms with Crippen molar-refractivity contribution in [1.82, 2.24) is 30.8 Å². The fraction of sp³-hybridized carbons (Fsp3) is 0.333. The first kappa shape index (κ1) is 18.0. The van der Waals surface area contributed by atoms with Gasteiger partial charge in [-0.15, -0.1) is 5.10 Å². The lowest BCUT2D eigenvalue weighted by Crippen LogP contribution is -2.48. The summed E-state index contributed by atoms with van der Waals surface area (Å²) in [6.45, 7) is 1.75. The summed E-state index contributed by atoms with van der Waals surface area (Å²) in [5.41, 5.74) is 6.94. The van der Waals surface area contributed by atoms with Gasteiger partial charge in [0.05, 0.1) is 6.42 Å². The fourth-order valence-corrected chi connectivity index (χ4v) is 2.18. The summed E-state index contributed by atoms with van der Waals surface area (Å²) in [7, 11) is 1.40. The Morgan fingerprint density at radius 3 is 2.52 bits per heavy atom. The minimum atomic E-state index is -1.05. The first-order valence-corrected chi connectivity index (χ1v) is 7.53. The van der Waals surface area contributed by atoms with Crippen molar-refractivity contribution in [3.05, 3.63) is 29.8 Å². The molecule has 0 fully saturated rings. The number of likely N-dealkylation sites (N-methyl/N-ethyl adjacent to an activating group) is 1. The van der Waals surface area contributed by atoms with E-state index in [1.807, 2.05) is 31.2 Å². The number of amides is 3. The number of primary amides is 1. The number of nitrogens with zero attached hydrogens (tertiary/aromatic N) is 4. The molecule has 0 aliphatic carbocycles. The lowest BCUT2D eigenvalue weighted by atomic mass is 10.1. The average molecular weight is 345 g/mol. The maximum atomic E-state index is 12.2. The third-order valence-corrected chi connectivity index (χ3v) is 3.44. The van der Waals surface area contributed by atoms with Crippen molar-refractivity contribution in [2.24, 2.45) is 5.73 Å². The van der Waals surface area contributed by atoms with Crippen LogP contribution in [0.1, 0.15) is 12.0 Å². The summed E-state index contributed by atoms with van der Waals surface area (Å²) in [6, 6.07) is 6.45. The number of aryl methyl sites for hydroxylation is 1. The van der Waals surface area contributed by atoms with Gasteiger partial charge in [0, 0.05) is 12.6 Å². The molecule has 1 aromatic carbocycles. The van der Waals surface area contributed by atoms with E-state index in [0.29, 0.717) is 5.82 Å².